The number of carbonyl (C=O) groups excluding carboxylic acids is 5. The minimum atomic E-state index is -1.52. The second-order valence-electron chi connectivity index (χ2n) is 9.09. The van der Waals surface area contributed by atoms with E-state index in [0.29, 0.717) is 5.56 Å². The molecule has 1 aliphatic heterocycles. The van der Waals surface area contributed by atoms with Gasteiger partial charge in [0.1, 0.15) is 30.0 Å². The first-order valence-electron chi connectivity index (χ1n) is 12.4. The molecule has 0 aliphatic carbocycles. The van der Waals surface area contributed by atoms with Crippen molar-refractivity contribution in [3.05, 3.63) is 59.4 Å². The minimum absolute atomic E-state index is 0.0387. The molecule has 41 heavy (non-hydrogen) atoms. The third-order valence-electron chi connectivity index (χ3n) is 5.75. The van der Waals surface area contributed by atoms with Crippen LogP contribution in [0.3, 0.4) is 0 Å². The zero-order valence-corrected chi connectivity index (χ0v) is 22.7. The maximum absolute atomic E-state index is 13.2. The van der Waals surface area contributed by atoms with E-state index in [1.54, 1.807) is 0 Å². The van der Waals surface area contributed by atoms with Crippen LogP contribution in [0.5, 0.6) is 11.5 Å². The van der Waals surface area contributed by atoms with Crippen LogP contribution >= 0.6 is 0 Å². The van der Waals surface area contributed by atoms with E-state index < -0.39 is 78.5 Å². The molecule has 3 rings (SSSR count). The number of benzene rings is 2. The molecule has 2 aromatic carbocycles. The Bertz CT molecular complexity index is 1290. The zero-order chi connectivity index (χ0) is 30.3. The van der Waals surface area contributed by atoms with Crippen molar-refractivity contribution in [2.45, 2.75) is 64.8 Å². The van der Waals surface area contributed by atoms with Gasteiger partial charge >= 0.3 is 23.9 Å². The molecule has 1 N–H and O–H groups in total. The molecule has 0 spiro atoms. The number of ketones is 1. The Kier molecular flexibility index (Phi) is 10.4. The van der Waals surface area contributed by atoms with Gasteiger partial charge in [-0.05, 0) is 29.8 Å². The molecule has 13 heteroatoms. The van der Waals surface area contributed by atoms with Crippen LogP contribution in [0.25, 0.3) is 0 Å². The quantitative estimate of drug-likeness (QED) is 0.250. The highest BCUT2D eigenvalue weighted by atomic mass is 19.1. The summed E-state index contributed by atoms with van der Waals surface area (Å²) in [7, 11) is 0. The molecule has 1 aliphatic rings. The lowest BCUT2D eigenvalue weighted by Gasteiger charge is -2.43. The van der Waals surface area contributed by atoms with Crippen molar-refractivity contribution in [1.29, 1.82) is 0 Å². The molecular formula is C28H29FO12. The molecule has 0 saturated carbocycles. The minimum Gasteiger partial charge on any atom is -0.507 e. The Balaban J connectivity index is 1.90. The Morgan fingerprint density at radius 2 is 1.39 bits per heavy atom. The maximum atomic E-state index is 13.2. The fourth-order valence-corrected chi connectivity index (χ4v) is 4.12. The zero-order valence-electron chi connectivity index (χ0n) is 22.7. The van der Waals surface area contributed by atoms with Gasteiger partial charge in [-0.3, -0.25) is 24.0 Å². The average Bonchev–Trinajstić information content (AvgIpc) is 2.87. The van der Waals surface area contributed by atoms with Crippen LogP contribution in [0.4, 0.5) is 4.39 Å². The Hall–Kier alpha value is -4.52. The van der Waals surface area contributed by atoms with Gasteiger partial charge in [-0.1, -0.05) is 12.1 Å². The molecule has 5 atom stereocenters. The van der Waals surface area contributed by atoms with Crippen LogP contribution in [0, 0.1) is 5.82 Å². The van der Waals surface area contributed by atoms with E-state index in [0.717, 1.165) is 33.8 Å². The number of rotatable bonds is 10. The van der Waals surface area contributed by atoms with Crippen LogP contribution in [0.2, 0.25) is 0 Å². The SMILES string of the molecule is CC(=O)OC[C@@H]1O[C@@H](Oc2ccc(C(=O)Cc3ccc(F)cc3)c(O)c2)[C@H](OC(C)=O)[C@H](OC(C)=O)[C@@H]1OC(C)=O. The molecule has 2 aromatic rings. The first-order chi connectivity index (χ1) is 19.3. The fourth-order valence-electron chi connectivity index (χ4n) is 4.12. The monoisotopic (exact) mass is 576 g/mol. The van der Waals surface area contributed by atoms with Crippen LogP contribution < -0.4 is 4.74 Å². The number of carbonyl (C=O) groups is 5. The molecule has 0 bridgehead atoms. The summed E-state index contributed by atoms with van der Waals surface area (Å²) in [5.41, 5.74) is 0.497. The van der Waals surface area contributed by atoms with Gasteiger partial charge in [-0.15, -0.1) is 0 Å². The predicted octanol–water partition coefficient (Wildman–Crippen LogP) is 2.42. The van der Waals surface area contributed by atoms with Gasteiger partial charge in [0.05, 0.1) is 5.56 Å². The fraction of sp³-hybridized carbons (Fsp3) is 0.393. The largest absolute Gasteiger partial charge is 0.507 e. The number of phenolic OH excluding ortho intramolecular Hbond substituents is 1. The van der Waals surface area contributed by atoms with Crippen molar-refractivity contribution in [2.75, 3.05) is 6.61 Å². The molecule has 0 amide bonds. The van der Waals surface area contributed by atoms with E-state index in [2.05, 4.69) is 0 Å². The van der Waals surface area contributed by atoms with Crippen molar-refractivity contribution < 1.29 is 61.9 Å². The summed E-state index contributed by atoms with van der Waals surface area (Å²) in [5.74, 6) is -4.46. The van der Waals surface area contributed by atoms with Gasteiger partial charge in [0.15, 0.2) is 18.0 Å². The van der Waals surface area contributed by atoms with Crippen molar-refractivity contribution in [3.8, 4) is 11.5 Å². The van der Waals surface area contributed by atoms with Gasteiger partial charge in [-0.25, -0.2) is 4.39 Å². The summed E-state index contributed by atoms with van der Waals surface area (Å²) < 4.78 is 45.9. The Morgan fingerprint density at radius 1 is 0.805 bits per heavy atom. The van der Waals surface area contributed by atoms with Gasteiger partial charge in [0, 0.05) is 40.2 Å². The van der Waals surface area contributed by atoms with Crippen LogP contribution in [0.1, 0.15) is 43.6 Å². The highest BCUT2D eigenvalue weighted by molar-refractivity contribution is 6.00. The number of aromatic hydroxyl groups is 1. The molecule has 0 unspecified atom stereocenters. The summed E-state index contributed by atoms with van der Waals surface area (Å²) in [6.07, 6.45) is -7.13. The Morgan fingerprint density at radius 3 is 1.95 bits per heavy atom. The number of halogens is 1. The molecule has 1 heterocycles. The first kappa shape index (κ1) is 31.0. The number of hydrogen-bond acceptors (Lipinski definition) is 12. The molecule has 1 fully saturated rings. The summed E-state index contributed by atoms with van der Waals surface area (Å²) in [6.45, 7) is 3.96. The lowest BCUT2D eigenvalue weighted by atomic mass is 9.98. The molecule has 12 nitrogen and oxygen atoms in total. The topological polar surface area (TPSA) is 161 Å². The number of Topliss-reactive ketones (excluding diaryl/α,β-unsaturated/α-hetero) is 1. The van der Waals surface area contributed by atoms with Crippen LogP contribution in [-0.2, 0) is 49.3 Å². The number of esters is 4. The number of hydrogen-bond donors (Lipinski definition) is 1. The van der Waals surface area contributed by atoms with E-state index >= 15 is 0 Å². The summed E-state index contributed by atoms with van der Waals surface area (Å²) in [5, 5.41) is 10.6. The average molecular weight is 577 g/mol. The first-order valence-corrected chi connectivity index (χ1v) is 12.4. The third-order valence-corrected chi connectivity index (χ3v) is 5.75. The summed E-state index contributed by atoms with van der Waals surface area (Å²) in [4.78, 5) is 60.0. The van der Waals surface area contributed by atoms with Crippen molar-refractivity contribution in [2.24, 2.45) is 0 Å². The number of ether oxygens (including phenoxy) is 6. The van der Waals surface area contributed by atoms with Gasteiger partial charge in [0.25, 0.3) is 0 Å². The van der Waals surface area contributed by atoms with Crippen molar-refractivity contribution in [1.82, 2.24) is 0 Å². The third kappa shape index (κ3) is 8.73. The van der Waals surface area contributed by atoms with Crippen LogP contribution in [0.15, 0.2) is 42.5 Å². The lowest BCUT2D eigenvalue weighted by Crippen LogP contribution is -2.63. The molecular weight excluding hydrogens is 547 g/mol. The van der Waals surface area contributed by atoms with Crippen LogP contribution in [-0.4, -0.2) is 72.1 Å². The van der Waals surface area contributed by atoms with Crippen molar-refractivity contribution >= 4 is 29.7 Å². The van der Waals surface area contributed by atoms with E-state index in [-0.39, 0.29) is 17.7 Å². The summed E-state index contributed by atoms with van der Waals surface area (Å²) in [6, 6.07) is 9.08. The van der Waals surface area contributed by atoms with E-state index in [1.807, 2.05) is 0 Å². The van der Waals surface area contributed by atoms with E-state index in [4.69, 9.17) is 28.4 Å². The second kappa shape index (κ2) is 13.7. The molecule has 0 radical (unpaired) electrons. The standard InChI is InChI=1S/C28H29FO12/c1-14(30)36-13-24-25(37-15(2)31)26(38-16(3)32)27(39-17(4)33)28(41-24)40-20-9-10-21(23(35)12-20)22(34)11-18-5-7-19(29)8-6-18/h5-10,12,24-28,35H,11,13H2,1-4H3/t24-,25+,26+,27+,28+/m0/s1. The highest BCUT2D eigenvalue weighted by Gasteiger charge is 2.53. The molecule has 220 valence electrons. The highest BCUT2D eigenvalue weighted by Crippen LogP contribution is 2.33. The Labute approximate surface area is 234 Å². The van der Waals surface area contributed by atoms with Gasteiger partial charge in [-0.2, -0.15) is 0 Å². The predicted molar refractivity (Wildman–Crippen MR) is 135 cm³/mol. The smallest absolute Gasteiger partial charge is 0.303 e. The van der Waals surface area contributed by atoms with Crippen molar-refractivity contribution in [3.63, 3.8) is 0 Å². The van der Waals surface area contributed by atoms with Gasteiger partial charge < -0.3 is 33.5 Å². The summed E-state index contributed by atoms with van der Waals surface area (Å²) >= 11 is 0. The second-order valence-corrected chi connectivity index (χ2v) is 9.09. The van der Waals surface area contributed by atoms with Gasteiger partial charge in [0.2, 0.25) is 12.4 Å². The molecule has 1 saturated heterocycles. The van der Waals surface area contributed by atoms with E-state index in [1.165, 1.54) is 36.4 Å². The van der Waals surface area contributed by atoms with E-state index in [9.17, 15) is 33.5 Å². The number of phenols is 1. The maximum Gasteiger partial charge on any atom is 0.303 e. The lowest BCUT2D eigenvalue weighted by molar-refractivity contribution is -0.288. The normalized spacial score (nSPS) is 21.7. The molecule has 0 aromatic heterocycles.